The van der Waals surface area contributed by atoms with E-state index in [1.807, 2.05) is 12.3 Å². The molecule has 0 bridgehead atoms. The average Bonchev–Trinajstić information content (AvgIpc) is 3.52. The van der Waals surface area contributed by atoms with Crippen molar-refractivity contribution >= 4 is 43.2 Å². The van der Waals surface area contributed by atoms with Crippen LogP contribution in [0.5, 0.6) is 0 Å². The molecule has 1 aliphatic rings. The van der Waals surface area contributed by atoms with Crippen molar-refractivity contribution in [1.82, 2.24) is 45.5 Å². The van der Waals surface area contributed by atoms with Gasteiger partial charge in [-0.2, -0.15) is 4.80 Å². The molecule has 1 atom stereocenters. The van der Waals surface area contributed by atoms with Gasteiger partial charge in [-0.1, -0.05) is 29.1 Å². The summed E-state index contributed by atoms with van der Waals surface area (Å²) in [6.07, 6.45) is 7.74. The number of aryl methyl sites for hydroxylation is 1. The lowest BCUT2D eigenvalue weighted by atomic mass is 10.1. The zero-order valence-electron chi connectivity index (χ0n) is 17.0. The highest BCUT2D eigenvalue weighted by atomic mass is 32.1. The van der Waals surface area contributed by atoms with Gasteiger partial charge in [0.05, 0.1) is 18.1 Å². The fourth-order valence-electron chi connectivity index (χ4n) is 3.57. The molecule has 0 radical (unpaired) electrons. The molecular formula is C19H21N9OS2. The minimum absolute atomic E-state index is 0.0997. The molecule has 0 saturated carbocycles. The highest BCUT2D eigenvalue weighted by Crippen LogP contribution is 2.35. The fraction of sp³-hybridized carbons (Fsp3) is 0.368. The first-order valence-electron chi connectivity index (χ1n) is 10.0. The van der Waals surface area contributed by atoms with Gasteiger partial charge in [0.2, 0.25) is 5.82 Å². The molecule has 1 aliphatic heterocycles. The number of thiazole rings is 2. The molecule has 6 rings (SSSR count). The molecular weight excluding hydrogens is 434 g/mol. The molecule has 0 amide bonds. The lowest BCUT2D eigenvalue weighted by molar-refractivity contribution is 0.425. The lowest BCUT2D eigenvalue weighted by Crippen LogP contribution is -2.30. The molecule has 5 aromatic heterocycles. The van der Waals surface area contributed by atoms with Gasteiger partial charge in [0.1, 0.15) is 15.5 Å². The van der Waals surface area contributed by atoms with Crippen molar-refractivity contribution in [2.75, 3.05) is 6.54 Å². The zero-order valence-corrected chi connectivity index (χ0v) is 18.7. The zero-order chi connectivity index (χ0) is 21.4. The number of aromatic nitrogens is 8. The second-order valence-electron chi connectivity index (χ2n) is 7.41. The van der Waals surface area contributed by atoms with Crippen LogP contribution in [0.1, 0.15) is 26.2 Å². The maximum atomic E-state index is 11.4. The monoisotopic (exact) mass is 455 g/mol. The number of nitrogens with one attached hydrogen (secondary N) is 3. The summed E-state index contributed by atoms with van der Waals surface area (Å²) in [5, 5.41) is 17.2. The van der Waals surface area contributed by atoms with Crippen LogP contribution in [-0.4, -0.2) is 52.7 Å². The Morgan fingerprint density at radius 2 is 2.16 bits per heavy atom. The van der Waals surface area contributed by atoms with Crippen LogP contribution in [0.2, 0.25) is 0 Å². The number of piperidine rings is 1. The number of H-pyrrole nitrogens is 2. The van der Waals surface area contributed by atoms with Crippen LogP contribution in [0.3, 0.4) is 0 Å². The van der Waals surface area contributed by atoms with Gasteiger partial charge in [-0.05, 0) is 37.6 Å². The van der Waals surface area contributed by atoms with E-state index in [2.05, 4.69) is 47.6 Å². The summed E-state index contributed by atoms with van der Waals surface area (Å²) in [5.74, 6) is 0.519. The minimum Gasteiger partial charge on any atom is -0.359 e. The van der Waals surface area contributed by atoms with Crippen molar-refractivity contribution < 1.29 is 0 Å². The standard InChI is InChI=1S/C13H8N8OS2.C6H13N/c1-21-19-9(18-20-21)6-4-15-8(7-5(6)2-3-14-7)10-16-11-12(23-10)17-13(22)24-11;1-6-4-2-3-5-7-6/h2-4,14H,1H3,(H,17,22);6-7H,2-5H2,1H3. The minimum atomic E-state index is -0.0997. The third-order valence-corrected chi connectivity index (χ3v) is 6.99. The first-order chi connectivity index (χ1) is 15.1. The molecule has 5 aromatic rings. The third-order valence-electron chi connectivity index (χ3n) is 5.11. The van der Waals surface area contributed by atoms with E-state index in [0.29, 0.717) is 10.7 Å². The lowest BCUT2D eigenvalue weighted by Gasteiger charge is -2.18. The maximum absolute atomic E-state index is 11.4. The van der Waals surface area contributed by atoms with Gasteiger partial charge in [-0.25, -0.2) is 4.98 Å². The summed E-state index contributed by atoms with van der Waals surface area (Å²) in [4.78, 5) is 29.2. The number of tetrazole rings is 1. The second-order valence-corrected chi connectivity index (χ2v) is 9.37. The highest BCUT2D eigenvalue weighted by molar-refractivity contribution is 7.27. The Morgan fingerprint density at radius 1 is 1.26 bits per heavy atom. The van der Waals surface area contributed by atoms with Crippen LogP contribution in [0.15, 0.2) is 23.3 Å². The Hall–Kier alpha value is -2.96. The fourth-order valence-corrected chi connectivity index (χ4v) is 5.41. The predicted octanol–water partition coefficient (Wildman–Crippen LogP) is 2.93. The van der Waals surface area contributed by atoms with Gasteiger partial charge < -0.3 is 15.3 Å². The maximum Gasteiger partial charge on any atom is 0.307 e. The van der Waals surface area contributed by atoms with Gasteiger partial charge in [0.15, 0.2) is 4.83 Å². The van der Waals surface area contributed by atoms with Gasteiger partial charge in [-0.3, -0.25) is 9.78 Å². The molecule has 12 heteroatoms. The molecule has 31 heavy (non-hydrogen) atoms. The largest absolute Gasteiger partial charge is 0.359 e. The number of hydrogen-bond acceptors (Lipinski definition) is 9. The number of rotatable bonds is 2. The van der Waals surface area contributed by atoms with Crippen molar-refractivity contribution in [2.24, 2.45) is 7.05 Å². The van der Waals surface area contributed by atoms with Crippen LogP contribution in [0, 0.1) is 0 Å². The quantitative estimate of drug-likeness (QED) is 0.373. The summed E-state index contributed by atoms with van der Waals surface area (Å²) in [7, 11) is 1.72. The first kappa shape index (κ1) is 20.0. The number of aromatic amines is 2. The molecule has 1 saturated heterocycles. The molecule has 0 aromatic carbocycles. The number of hydrogen-bond donors (Lipinski definition) is 3. The summed E-state index contributed by atoms with van der Waals surface area (Å²) >= 11 is 2.51. The average molecular weight is 456 g/mol. The van der Waals surface area contributed by atoms with Gasteiger partial charge in [-0.15, -0.1) is 10.2 Å². The van der Waals surface area contributed by atoms with Crippen molar-refractivity contribution in [2.45, 2.75) is 32.2 Å². The molecule has 1 fully saturated rings. The van der Waals surface area contributed by atoms with E-state index in [9.17, 15) is 4.79 Å². The summed E-state index contributed by atoms with van der Waals surface area (Å²) in [6, 6.07) is 2.73. The van der Waals surface area contributed by atoms with E-state index >= 15 is 0 Å². The molecule has 160 valence electrons. The molecule has 1 unspecified atom stereocenters. The predicted molar refractivity (Wildman–Crippen MR) is 122 cm³/mol. The SMILES string of the molecule is CC1CCCCN1.Cn1nnc(-c2cnc(-c3nc4sc(=O)[nH]c4s3)c3[nH]ccc23)n1. The highest BCUT2D eigenvalue weighted by Gasteiger charge is 2.18. The Labute approximate surface area is 184 Å². The Morgan fingerprint density at radius 3 is 2.84 bits per heavy atom. The van der Waals surface area contributed by atoms with Crippen LogP contribution in [-0.2, 0) is 7.05 Å². The van der Waals surface area contributed by atoms with Crippen molar-refractivity contribution in [1.29, 1.82) is 0 Å². The number of nitrogens with zero attached hydrogens (tertiary/aromatic N) is 6. The first-order valence-corrected chi connectivity index (χ1v) is 11.7. The molecule has 6 heterocycles. The van der Waals surface area contributed by atoms with Crippen LogP contribution >= 0.6 is 22.7 Å². The van der Waals surface area contributed by atoms with E-state index in [1.54, 1.807) is 13.2 Å². The van der Waals surface area contributed by atoms with E-state index in [1.165, 1.54) is 41.9 Å². The van der Waals surface area contributed by atoms with Crippen LogP contribution < -0.4 is 10.2 Å². The molecule has 0 aliphatic carbocycles. The third kappa shape index (κ3) is 4.01. The smallest absolute Gasteiger partial charge is 0.307 e. The van der Waals surface area contributed by atoms with E-state index in [-0.39, 0.29) is 4.87 Å². The number of fused-ring (bicyclic) bond motifs is 2. The van der Waals surface area contributed by atoms with Crippen molar-refractivity contribution in [3.05, 3.63) is 28.1 Å². The molecule has 0 spiro atoms. The van der Waals surface area contributed by atoms with Crippen LogP contribution in [0.4, 0.5) is 0 Å². The molecule has 3 N–H and O–H groups in total. The van der Waals surface area contributed by atoms with Crippen molar-refractivity contribution in [3.8, 4) is 22.1 Å². The van der Waals surface area contributed by atoms with Gasteiger partial charge in [0, 0.05) is 23.8 Å². The summed E-state index contributed by atoms with van der Waals surface area (Å²) in [6.45, 7) is 3.49. The topological polar surface area (TPSA) is 130 Å². The second kappa shape index (κ2) is 8.29. The van der Waals surface area contributed by atoms with E-state index in [4.69, 9.17) is 0 Å². The Kier molecular flexibility index (Phi) is 5.34. The van der Waals surface area contributed by atoms with Crippen LogP contribution in [0.25, 0.3) is 42.7 Å². The van der Waals surface area contributed by atoms with E-state index < -0.39 is 0 Å². The number of pyridine rings is 1. The van der Waals surface area contributed by atoms with Gasteiger partial charge >= 0.3 is 4.87 Å². The normalized spacial score (nSPS) is 16.5. The van der Waals surface area contributed by atoms with Gasteiger partial charge in [0.25, 0.3) is 0 Å². The van der Waals surface area contributed by atoms with Crippen molar-refractivity contribution in [3.63, 3.8) is 0 Å². The summed E-state index contributed by atoms with van der Waals surface area (Å²) < 4.78 is 0. The summed E-state index contributed by atoms with van der Waals surface area (Å²) in [5.41, 5.74) is 2.38. The molecule has 10 nitrogen and oxygen atoms in total. The Bertz CT molecular complexity index is 1350. The van der Waals surface area contributed by atoms with E-state index in [0.717, 1.165) is 49.4 Å². The Balaban J connectivity index is 0.000000250.